The van der Waals surface area contributed by atoms with Crippen LogP contribution in [0.1, 0.15) is 24.3 Å². The number of aliphatic hydroxyl groups excluding tert-OH is 1. The van der Waals surface area contributed by atoms with Crippen molar-refractivity contribution < 1.29 is 9.84 Å². The van der Waals surface area contributed by atoms with Crippen molar-refractivity contribution >= 4 is 11.3 Å². The fourth-order valence-corrected chi connectivity index (χ4v) is 1.59. The highest BCUT2D eigenvalue weighted by atomic mass is 32.1. The Morgan fingerprint density at radius 1 is 1.50 bits per heavy atom. The largest absolute Gasteiger partial charge is 0.466 e. The van der Waals surface area contributed by atoms with Gasteiger partial charge in [0.1, 0.15) is 11.1 Å². The standard InChI is InChI=1S/C7H10N2O2S/c10-4-6-8-9-7(12-6)11-5-2-1-3-5/h5,10H,1-4H2. The Labute approximate surface area is 74.2 Å². The van der Waals surface area contributed by atoms with E-state index in [4.69, 9.17) is 9.84 Å². The molecule has 1 aromatic heterocycles. The van der Waals surface area contributed by atoms with Gasteiger partial charge in [0.05, 0.1) is 6.61 Å². The minimum atomic E-state index is -0.0499. The van der Waals surface area contributed by atoms with Gasteiger partial charge >= 0.3 is 0 Å². The maximum Gasteiger partial charge on any atom is 0.294 e. The normalized spacial score (nSPS) is 17.4. The van der Waals surface area contributed by atoms with Gasteiger partial charge in [-0.2, -0.15) is 0 Å². The molecule has 0 aromatic carbocycles. The summed E-state index contributed by atoms with van der Waals surface area (Å²) in [6.45, 7) is -0.0499. The molecular formula is C7H10N2O2S. The third-order valence-corrected chi connectivity index (χ3v) is 2.70. The molecule has 1 heterocycles. The van der Waals surface area contributed by atoms with Gasteiger partial charge in [-0.15, -0.1) is 5.10 Å². The lowest BCUT2D eigenvalue weighted by Crippen LogP contribution is -2.24. The molecule has 4 nitrogen and oxygen atoms in total. The predicted molar refractivity (Wildman–Crippen MR) is 44.1 cm³/mol. The first-order chi connectivity index (χ1) is 5.88. The van der Waals surface area contributed by atoms with E-state index in [1.165, 1.54) is 17.8 Å². The van der Waals surface area contributed by atoms with Gasteiger partial charge in [-0.3, -0.25) is 0 Å². The van der Waals surface area contributed by atoms with E-state index in [1.807, 2.05) is 0 Å². The Bertz CT molecular complexity index is 260. The second-order valence-electron chi connectivity index (χ2n) is 2.79. The van der Waals surface area contributed by atoms with Crippen molar-refractivity contribution in [3.05, 3.63) is 5.01 Å². The van der Waals surface area contributed by atoms with E-state index in [9.17, 15) is 0 Å². The van der Waals surface area contributed by atoms with E-state index in [1.54, 1.807) is 0 Å². The van der Waals surface area contributed by atoms with Crippen LogP contribution in [0, 0.1) is 0 Å². The smallest absolute Gasteiger partial charge is 0.294 e. The molecule has 0 atom stereocenters. The molecule has 0 spiro atoms. The van der Waals surface area contributed by atoms with Gasteiger partial charge in [-0.25, -0.2) is 0 Å². The van der Waals surface area contributed by atoms with E-state index in [2.05, 4.69) is 10.2 Å². The van der Waals surface area contributed by atoms with Gasteiger partial charge in [0.25, 0.3) is 5.19 Å². The van der Waals surface area contributed by atoms with E-state index in [0.29, 0.717) is 16.3 Å². The second kappa shape index (κ2) is 3.37. The Balaban J connectivity index is 1.93. The molecule has 12 heavy (non-hydrogen) atoms. The summed E-state index contributed by atoms with van der Waals surface area (Å²) in [5.74, 6) is 0. The highest BCUT2D eigenvalue weighted by Crippen LogP contribution is 2.26. The SMILES string of the molecule is OCc1nnc(OC2CCC2)s1. The molecule has 0 saturated heterocycles. The van der Waals surface area contributed by atoms with Gasteiger partial charge in [0.15, 0.2) is 0 Å². The molecule has 2 rings (SSSR count). The van der Waals surface area contributed by atoms with Crippen LogP contribution in [0.2, 0.25) is 0 Å². The van der Waals surface area contributed by atoms with Crippen molar-refractivity contribution in [3.8, 4) is 5.19 Å². The van der Waals surface area contributed by atoms with Gasteiger partial charge in [-0.05, 0) is 19.3 Å². The van der Waals surface area contributed by atoms with Crippen LogP contribution in [0.3, 0.4) is 0 Å². The third kappa shape index (κ3) is 1.56. The first-order valence-corrected chi connectivity index (χ1v) is 4.80. The Morgan fingerprint density at radius 2 is 2.33 bits per heavy atom. The number of aliphatic hydroxyl groups is 1. The zero-order valence-electron chi connectivity index (χ0n) is 6.56. The Morgan fingerprint density at radius 3 is 2.83 bits per heavy atom. The zero-order chi connectivity index (χ0) is 8.39. The van der Waals surface area contributed by atoms with Crippen molar-refractivity contribution in [2.45, 2.75) is 32.0 Å². The second-order valence-corrected chi connectivity index (χ2v) is 3.82. The van der Waals surface area contributed by atoms with Gasteiger partial charge in [-0.1, -0.05) is 16.4 Å². The lowest BCUT2D eigenvalue weighted by molar-refractivity contribution is 0.119. The van der Waals surface area contributed by atoms with E-state index < -0.39 is 0 Å². The minimum Gasteiger partial charge on any atom is -0.466 e. The van der Waals surface area contributed by atoms with Crippen LogP contribution in [0.25, 0.3) is 0 Å². The fourth-order valence-electron chi connectivity index (χ4n) is 0.981. The van der Waals surface area contributed by atoms with Crippen LogP contribution in [0.5, 0.6) is 5.19 Å². The quantitative estimate of drug-likeness (QED) is 0.764. The molecule has 0 amide bonds. The van der Waals surface area contributed by atoms with Crippen molar-refractivity contribution in [2.75, 3.05) is 0 Å². The summed E-state index contributed by atoms with van der Waals surface area (Å²) in [6.07, 6.45) is 3.82. The summed E-state index contributed by atoms with van der Waals surface area (Å²) in [5.41, 5.74) is 0. The summed E-state index contributed by atoms with van der Waals surface area (Å²) in [4.78, 5) is 0. The molecule has 1 aliphatic carbocycles. The molecule has 1 saturated carbocycles. The highest BCUT2D eigenvalue weighted by molar-refractivity contribution is 7.13. The summed E-state index contributed by atoms with van der Waals surface area (Å²) in [6, 6.07) is 0. The first kappa shape index (κ1) is 7.94. The van der Waals surface area contributed by atoms with Crippen molar-refractivity contribution in [2.24, 2.45) is 0 Å². The molecule has 1 N–H and O–H groups in total. The summed E-state index contributed by atoms with van der Waals surface area (Å²) < 4.78 is 5.47. The topological polar surface area (TPSA) is 55.2 Å². The molecule has 0 radical (unpaired) electrons. The minimum absolute atomic E-state index is 0.0499. The molecule has 0 aliphatic heterocycles. The van der Waals surface area contributed by atoms with Crippen molar-refractivity contribution in [1.29, 1.82) is 0 Å². The number of hydrogen-bond acceptors (Lipinski definition) is 5. The highest BCUT2D eigenvalue weighted by Gasteiger charge is 2.20. The van der Waals surface area contributed by atoms with Crippen LogP contribution in [0.15, 0.2) is 0 Å². The fraction of sp³-hybridized carbons (Fsp3) is 0.714. The maximum atomic E-state index is 8.71. The van der Waals surface area contributed by atoms with Crippen LogP contribution >= 0.6 is 11.3 Å². The molecule has 1 aliphatic rings. The third-order valence-electron chi connectivity index (χ3n) is 1.90. The lowest BCUT2D eigenvalue weighted by Gasteiger charge is -2.24. The summed E-state index contributed by atoms with van der Waals surface area (Å²) >= 11 is 1.32. The Kier molecular flexibility index (Phi) is 2.23. The van der Waals surface area contributed by atoms with E-state index >= 15 is 0 Å². The average Bonchev–Trinajstić information content (AvgIpc) is 2.44. The number of hydrogen-bond donors (Lipinski definition) is 1. The Hall–Kier alpha value is -0.680. The summed E-state index contributed by atoms with van der Waals surface area (Å²) in [5, 5.41) is 17.4. The summed E-state index contributed by atoms with van der Waals surface area (Å²) in [7, 11) is 0. The molecule has 0 bridgehead atoms. The molecular weight excluding hydrogens is 176 g/mol. The number of aromatic nitrogens is 2. The predicted octanol–water partition coefficient (Wildman–Crippen LogP) is 0.962. The molecule has 1 aromatic rings. The van der Waals surface area contributed by atoms with Crippen molar-refractivity contribution in [1.82, 2.24) is 10.2 Å². The van der Waals surface area contributed by atoms with Crippen LogP contribution < -0.4 is 4.74 Å². The molecule has 5 heteroatoms. The van der Waals surface area contributed by atoms with Crippen LogP contribution in [-0.2, 0) is 6.61 Å². The monoisotopic (exact) mass is 186 g/mol. The molecule has 0 unspecified atom stereocenters. The van der Waals surface area contributed by atoms with Gasteiger partial charge in [0.2, 0.25) is 0 Å². The number of rotatable bonds is 3. The number of ether oxygens (including phenoxy) is 1. The maximum absolute atomic E-state index is 8.71. The molecule has 1 fully saturated rings. The number of nitrogens with zero attached hydrogens (tertiary/aromatic N) is 2. The average molecular weight is 186 g/mol. The van der Waals surface area contributed by atoms with Crippen molar-refractivity contribution in [3.63, 3.8) is 0 Å². The van der Waals surface area contributed by atoms with Gasteiger partial charge < -0.3 is 9.84 Å². The lowest BCUT2D eigenvalue weighted by atomic mass is 9.96. The zero-order valence-corrected chi connectivity index (χ0v) is 7.38. The van der Waals surface area contributed by atoms with E-state index in [0.717, 1.165) is 12.8 Å². The first-order valence-electron chi connectivity index (χ1n) is 3.98. The molecule has 66 valence electrons. The van der Waals surface area contributed by atoms with Crippen LogP contribution in [-0.4, -0.2) is 21.4 Å². The van der Waals surface area contributed by atoms with Crippen LogP contribution in [0.4, 0.5) is 0 Å². The van der Waals surface area contributed by atoms with E-state index in [-0.39, 0.29) is 6.61 Å². The van der Waals surface area contributed by atoms with Gasteiger partial charge in [0, 0.05) is 0 Å².